The number of aliphatic imine (C=N–C) groups is 1. The third-order valence-electron chi connectivity index (χ3n) is 6.43. The number of hydrogen-bond donors (Lipinski definition) is 3. The molecule has 244 valence electrons. The van der Waals surface area contributed by atoms with Crippen molar-refractivity contribution in [1.82, 2.24) is 15.3 Å². The molecular weight excluding hydrogens is 609 g/mol. The van der Waals surface area contributed by atoms with Crippen molar-refractivity contribution in [3.05, 3.63) is 77.7 Å². The lowest BCUT2D eigenvalue weighted by molar-refractivity contribution is -0.198. The molecule has 15 heteroatoms. The van der Waals surface area contributed by atoms with Gasteiger partial charge in [-0.1, -0.05) is 36.4 Å². The Morgan fingerprint density at radius 3 is 2.33 bits per heavy atom. The Labute approximate surface area is 262 Å². The number of alkyl halides is 3. The average Bonchev–Trinajstić information content (AvgIpc) is 2.98. The van der Waals surface area contributed by atoms with Crippen LogP contribution in [0.2, 0.25) is 0 Å². The maximum absolute atomic E-state index is 14.2. The van der Waals surface area contributed by atoms with Gasteiger partial charge in [0.25, 0.3) is 0 Å². The van der Waals surface area contributed by atoms with Crippen molar-refractivity contribution in [2.45, 2.75) is 51.1 Å². The van der Waals surface area contributed by atoms with E-state index in [-0.39, 0.29) is 30.3 Å². The Bertz CT molecular complexity index is 1600. The van der Waals surface area contributed by atoms with Crippen LogP contribution in [0.25, 0.3) is 11.3 Å². The van der Waals surface area contributed by atoms with Crippen LogP contribution >= 0.6 is 0 Å². The van der Waals surface area contributed by atoms with E-state index >= 15 is 0 Å². The Kier molecular flexibility index (Phi) is 10.0. The van der Waals surface area contributed by atoms with Crippen molar-refractivity contribution >= 4 is 29.9 Å². The smallest absolute Gasteiger partial charge is 0.429 e. The molecule has 0 saturated heterocycles. The second kappa shape index (κ2) is 13.7. The molecule has 2 atom stereocenters. The molecule has 3 aromatic rings. The molecule has 46 heavy (non-hydrogen) atoms. The van der Waals surface area contributed by atoms with Crippen molar-refractivity contribution in [3.63, 3.8) is 0 Å². The van der Waals surface area contributed by atoms with Crippen LogP contribution in [0.4, 0.5) is 29.6 Å². The highest BCUT2D eigenvalue weighted by molar-refractivity contribution is 5.80. The lowest BCUT2D eigenvalue weighted by Crippen LogP contribution is -2.44. The van der Waals surface area contributed by atoms with Crippen molar-refractivity contribution in [2.75, 3.05) is 24.4 Å². The molecular formula is C31H33F3N6O6. The molecule has 12 nitrogen and oxygen atoms in total. The fourth-order valence-corrected chi connectivity index (χ4v) is 4.34. The van der Waals surface area contributed by atoms with Gasteiger partial charge in [-0.25, -0.2) is 14.6 Å². The highest BCUT2D eigenvalue weighted by Crippen LogP contribution is 2.38. The largest absolute Gasteiger partial charge is 0.494 e. The topological polar surface area (TPSA) is 161 Å². The second-order valence-electron chi connectivity index (χ2n) is 11.2. The van der Waals surface area contributed by atoms with Crippen LogP contribution in [-0.2, 0) is 20.7 Å². The number of benzene rings is 2. The number of carboxylic acids is 1. The highest BCUT2D eigenvalue weighted by atomic mass is 19.4. The van der Waals surface area contributed by atoms with Crippen LogP contribution in [0.3, 0.4) is 0 Å². The summed E-state index contributed by atoms with van der Waals surface area (Å²) in [6.07, 6.45) is -4.85. The lowest BCUT2D eigenvalue weighted by Gasteiger charge is -2.24. The van der Waals surface area contributed by atoms with Gasteiger partial charge >= 0.3 is 18.2 Å². The fourth-order valence-electron chi connectivity index (χ4n) is 4.34. The number of rotatable bonds is 10. The summed E-state index contributed by atoms with van der Waals surface area (Å²) >= 11 is 0. The molecule has 1 aromatic heterocycles. The van der Waals surface area contributed by atoms with Gasteiger partial charge in [-0.15, -0.1) is 0 Å². The SMILES string of the molecule is COC1=CN(c2ccc([C@H](Oc3cc(-c4ccc(C[C@H](NC(=O)OC(C)(C)C)C(=O)O)cc4)nc(N)n3)C(F)(F)F)cc2)CN=C1. The number of carboxylic acid groups (broad SMARTS) is 1. The molecule has 0 saturated carbocycles. The number of nitrogen functional groups attached to an aromatic ring is 1. The van der Waals surface area contributed by atoms with E-state index in [9.17, 15) is 27.9 Å². The van der Waals surface area contributed by atoms with Gasteiger partial charge in [0.15, 0.2) is 5.76 Å². The van der Waals surface area contributed by atoms with Crippen LogP contribution in [0, 0.1) is 0 Å². The van der Waals surface area contributed by atoms with E-state index < -0.39 is 41.9 Å². The van der Waals surface area contributed by atoms with Gasteiger partial charge in [0.1, 0.15) is 18.3 Å². The number of ether oxygens (including phenoxy) is 3. The summed E-state index contributed by atoms with van der Waals surface area (Å²) in [7, 11) is 1.49. The quantitative estimate of drug-likeness (QED) is 0.266. The number of anilines is 2. The molecule has 0 radical (unpaired) electrons. The number of aliphatic carboxylic acids is 1. The Hall–Kier alpha value is -5.34. The number of nitrogens with zero attached hydrogens (tertiary/aromatic N) is 4. The molecule has 0 spiro atoms. The number of allylic oxidation sites excluding steroid dienone is 1. The van der Waals surface area contributed by atoms with Crippen LogP contribution in [0.1, 0.15) is 38.0 Å². The summed E-state index contributed by atoms with van der Waals surface area (Å²) in [6, 6.07) is 12.0. The van der Waals surface area contributed by atoms with Crippen molar-refractivity contribution in [2.24, 2.45) is 4.99 Å². The summed E-state index contributed by atoms with van der Waals surface area (Å²) in [6.45, 7) is 5.24. The number of carbonyl (C=O) groups is 2. The molecule has 1 amide bonds. The minimum Gasteiger partial charge on any atom is -0.494 e. The first-order chi connectivity index (χ1) is 21.6. The van der Waals surface area contributed by atoms with E-state index in [1.807, 2.05) is 0 Å². The Morgan fingerprint density at radius 2 is 1.74 bits per heavy atom. The fraction of sp³-hybridized carbons (Fsp3) is 0.323. The summed E-state index contributed by atoms with van der Waals surface area (Å²) in [5.41, 5.74) is 6.65. The van der Waals surface area contributed by atoms with Crippen molar-refractivity contribution < 1.29 is 42.1 Å². The minimum absolute atomic E-state index is 0.0595. The number of halogens is 3. The average molecular weight is 643 g/mol. The van der Waals surface area contributed by atoms with E-state index in [1.54, 1.807) is 62.4 Å². The highest BCUT2D eigenvalue weighted by Gasteiger charge is 2.43. The van der Waals surface area contributed by atoms with E-state index in [0.717, 1.165) is 0 Å². The number of carbonyl (C=O) groups excluding carboxylic acids is 1. The van der Waals surface area contributed by atoms with E-state index in [4.69, 9.17) is 19.9 Å². The number of hydrogen-bond acceptors (Lipinski definition) is 10. The zero-order valence-electron chi connectivity index (χ0n) is 25.4. The molecule has 0 aliphatic carbocycles. The van der Waals surface area contributed by atoms with Gasteiger partial charge in [0.05, 0.1) is 19.0 Å². The Morgan fingerprint density at radius 1 is 1.07 bits per heavy atom. The van der Waals surface area contributed by atoms with Crippen molar-refractivity contribution in [1.29, 1.82) is 0 Å². The van der Waals surface area contributed by atoms with E-state index in [0.29, 0.717) is 22.6 Å². The number of aromatic nitrogens is 2. The summed E-state index contributed by atoms with van der Waals surface area (Å²) in [5, 5.41) is 11.9. The van der Waals surface area contributed by atoms with Gasteiger partial charge in [0.2, 0.25) is 17.9 Å². The second-order valence-corrected chi connectivity index (χ2v) is 11.2. The third kappa shape index (κ3) is 9.09. The molecule has 2 heterocycles. The van der Waals surface area contributed by atoms with Crippen LogP contribution in [0.5, 0.6) is 5.88 Å². The third-order valence-corrected chi connectivity index (χ3v) is 6.43. The molecule has 1 aliphatic heterocycles. The number of amides is 1. The van der Waals surface area contributed by atoms with Gasteiger partial charge in [-0.05, 0) is 38.5 Å². The molecule has 4 rings (SSSR count). The molecule has 2 aromatic carbocycles. The summed E-state index contributed by atoms with van der Waals surface area (Å²) in [4.78, 5) is 37.7. The van der Waals surface area contributed by atoms with Gasteiger partial charge < -0.3 is 35.3 Å². The number of methoxy groups -OCH3 is 1. The maximum Gasteiger partial charge on any atom is 0.429 e. The van der Waals surface area contributed by atoms with E-state index in [1.165, 1.54) is 37.4 Å². The summed E-state index contributed by atoms with van der Waals surface area (Å²) < 4.78 is 58.3. The standard InChI is InChI=1S/C31H33F3N6O6/c1-30(2,3)46-29(43)38-24(27(41)42)13-18-5-7-19(8-6-18)23-14-25(39-28(35)37-23)45-26(31(32,33)34)20-9-11-21(12-10-20)40-16-22(44-4)15-36-17-40/h5-12,14-16,24,26H,13,17H2,1-4H3,(H,38,43)(H,41,42)(H2,35,37,39)/t24-,26-/m0/s1. The predicted octanol–water partition coefficient (Wildman–Crippen LogP) is 5.26. The minimum atomic E-state index is -4.80. The molecule has 0 bridgehead atoms. The zero-order valence-corrected chi connectivity index (χ0v) is 25.4. The molecule has 1 aliphatic rings. The molecule has 0 fully saturated rings. The van der Waals surface area contributed by atoms with Crippen LogP contribution < -0.4 is 20.7 Å². The van der Waals surface area contributed by atoms with Crippen LogP contribution in [0.15, 0.2) is 71.5 Å². The van der Waals surface area contributed by atoms with E-state index in [2.05, 4.69) is 20.3 Å². The first kappa shape index (κ1) is 33.6. The van der Waals surface area contributed by atoms with Crippen LogP contribution in [-0.4, -0.2) is 64.9 Å². The lowest BCUT2D eigenvalue weighted by atomic mass is 10.0. The van der Waals surface area contributed by atoms with Gasteiger partial charge in [-0.3, -0.25) is 4.99 Å². The molecule has 0 unspecified atom stereocenters. The summed E-state index contributed by atoms with van der Waals surface area (Å²) in [5.74, 6) is -1.47. The number of nitrogens with one attached hydrogen (secondary N) is 1. The normalized spacial score (nSPS) is 14.6. The number of nitrogens with two attached hydrogens (primary N) is 1. The van der Waals surface area contributed by atoms with Gasteiger partial charge in [0, 0.05) is 35.5 Å². The number of alkyl carbamates (subject to hydrolysis) is 1. The first-order valence-corrected chi connectivity index (χ1v) is 13.9. The molecule has 4 N–H and O–H groups in total. The first-order valence-electron chi connectivity index (χ1n) is 13.9. The van der Waals surface area contributed by atoms with Crippen molar-refractivity contribution in [3.8, 4) is 17.1 Å². The monoisotopic (exact) mass is 642 g/mol. The predicted molar refractivity (Wildman–Crippen MR) is 163 cm³/mol. The van der Waals surface area contributed by atoms with Gasteiger partial charge in [-0.2, -0.15) is 18.2 Å². The maximum atomic E-state index is 14.2. The Balaban J connectivity index is 1.51. The zero-order chi connectivity index (χ0) is 33.6.